The van der Waals surface area contributed by atoms with Gasteiger partial charge in [0.15, 0.2) is 0 Å². The molecule has 160 valence electrons. The molecule has 0 aromatic carbocycles. The van der Waals surface area contributed by atoms with Crippen LogP contribution in [-0.4, -0.2) is 45.2 Å². The Kier molecular flexibility index (Phi) is 6.79. The number of aliphatic hydroxyl groups is 3. The second-order valence-corrected chi connectivity index (χ2v) is 11.3. The highest BCUT2D eigenvalue weighted by molar-refractivity contribution is 5.07. The number of aliphatic hydroxyl groups excluding tert-OH is 1. The maximum Gasteiger partial charge on any atom is 0.0948 e. The van der Waals surface area contributed by atoms with Gasteiger partial charge in [-0.05, 0) is 75.0 Å². The van der Waals surface area contributed by atoms with Gasteiger partial charge >= 0.3 is 0 Å². The topological polar surface area (TPSA) is 72.7 Å². The number of fused-ring (bicyclic) bond motifs is 1. The molecule has 0 heterocycles. The summed E-state index contributed by atoms with van der Waals surface area (Å²) in [6.07, 6.45) is 6.01. The molecule has 2 aliphatic rings. The van der Waals surface area contributed by atoms with Gasteiger partial charge in [0, 0.05) is 12.6 Å². The van der Waals surface area contributed by atoms with Crippen molar-refractivity contribution in [1.29, 1.82) is 0 Å². The molecule has 4 N–H and O–H groups in total. The first-order valence-electron chi connectivity index (χ1n) is 11.1. The summed E-state index contributed by atoms with van der Waals surface area (Å²) in [5.74, 6) is 0.765. The van der Waals surface area contributed by atoms with E-state index in [-0.39, 0.29) is 17.4 Å². The summed E-state index contributed by atoms with van der Waals surface area (Å²) in [6, 6.07) is 0.277. The van der Waals surface area contributed by atoms with Crippen molar-refractivity contribution >= 4 is 0 Å². The maximum atomic E-state index is 11.3. The van der Waals surface area contributed by atoms with Crippen molar-refractivity contribution < 1.29 is 15.3 Å². The molecule has 0 saturated heterocycles. The quantitative estimate of drug-likeness (QED) is 0.538. The standard InChI is InChI=1S/C23H45NO3/c1-16(2)24-15-19(25)23(7,27)14-10-18-21(5)12-8-11-20(3,4)17(21)9-13-22(18,6)26/h16-19,24-27H,8-15H2,1-7H3/t17-,18-,19+,21+,22-,23+/m1/s1. The third kappa shape index (κ3) is 4.88. The molecule has 0 aromatic rings. The van der Waals surface area contributed by atoms with E-state index in [2.05, 4.69) is 26.1 Å². The van der Waals surface area contributed by atoms with Gasteiger partial charge < -0.3 is 20.6 Å². The fraction of sp³-hybridized carbons (Fsp3) is 1.00. The third-order valence-electron chi connectivity index (χ3n) is 8.14. The van der Waals surface area contributed by atoms with Crippen molar-refractivity contribution in [3.05, 3.63) is 0 Å². The van der Waals surface area contributed by atoms with E-state index >= 15 is 0 Å². The van der Waals surface area contributed by atoms with Gasteiger partial charge in [0.25, 0.3) is 0 Å². The average Bonchev–Trinajstić information content (AvgIpc) is 2.50. The highest BCUT2D eigenvalue weighted by Crippen LogP contribution is 2.63. The molecule has 2 fully saturated rings. The van der Waals surface area contributed by atoms with Gasteiger partial charge in [-0.25, -0.2) is 0 Å². The Hall–Kier alpha value is -0.160. The SMILES string of the molecule is CC(C)NC[C@H](O)[C@@](C)(O)CC[C@@H]1[C@@]2(C)CCCC(C)(C)[C@H]2CC[C@@]1(C)O. The highest BCUT2D eigenvalue weighted by Gasteiger charge is 2.57. The predicted molar refractivity (Wildman–Crippen MR) is 112 cm³/mol. The lowest BCUT2D eigenvalue weighted by Gasteiger charge is -2.61. The van der Waals surface area contributed by atoms with Gasteiger partial charge in [-0.1, -0.05) is 41.0 Å². The molecule has 2 saturated carbocycles. The Balaban J connectivity index is 2.14. The van der Waals surface area contributed by atoms with E-state index in [4.69, 9.17) is 0 Å². The van der Waals surface area contributed by atoms with Crippen LogP contribution in [0.25, 0.3) is 0 Å². The smallest absolute Gasteiger partial charge is 0.0948 e. The van der Waals surface area contributed by atoms with Crippen LogP contribution in [0.4, 0.5) is 0 Å². The van der Waals surface area contributed by atoms with Gasteiger partial charge in [0.05, 0.1) is 17.3 Å². The summed E-state index contributed by atoms with van der Waals surface area (Å²) >= 11 is 0. The van der Waals surface area contributed by atoms with Gasteiger partial charge in [-0.3, -0.25) is 0 Å². The van der Waals surface area contributed by atoms with Crippen molar-refractivity contribution in [1.82, 2.24) is 5.32 Å². The fourth-order valence-electron chi connectivity index (χ4n) is 6.44. The van der Waals surface area contributed by atoms with Crippen LogP contribution in [0.3, 0.4) is 0 Å². The Bertz CT molecular complexity index is 500. The van der Waals surface area contributed by atoms with Crippen molar-refractivity contribution in [3.8, 4) is 0 Å². The van der Waals surface area contributed by atoms with E-state index in [9.17, 15) is 15.3 Å². The second kappa shape index (κ2) is 7.93. The van der Waals surface area contributed by atoms with Crippen LogP contribution < -0.4 is 5.32 Å². The van der Waals surface area contributed by atoms with Crippen LogP contribution in [-0.2, 0) is 0 Å². The van der Waals surface area contributed by atoms with Gasteiger partial charge in [0.2, 0.25) is 0 Å². The van der Waals surface area contributed by atoms with Crippen LogP contribution in [0.2, 0.25) is 0 Å². The zero-order chi connectivity index (χ0) is 20.7. The Morgan fingerprint density at radius 2 is 1.74 bits per heavy atom. The lowest BCUT2D eigenvalue weighted by Crippen LogP contribution is -2.58. The van der Waals surface area contributed by atoms with Gasteiger partial charge in [-0.2, -0.15) is 0 Å². The molecule has 2 rings (SSSR count). The lowest BCUT2D eigenvalue weighted by atomic mass is 9.45. The minimum absolute atomic E-state index is 0.0979. The normalized spacial score (nSPS) is 39.7. The van der Waals surface area contributed by atoms with Crippen LogP contribution in [0.15, 0.2) is 0 Å². The summed E-state index contributed by atoms with van der Waals surface area (Å²) < 4.78 is 0. The second-order valence-electron chi connectivity index (χ2n) is 11.3. The van der Waals surface area contributed by atoms with Crippen molar-refractivity contribution in [2.24, 2.45) is 22.7 Å². The number of rotatable bonds is 7. The Labute approximate surface area is 167 Å². The molecule has 0 aliphatic heterocycles. The van der Waals surface area contributed by atoms with Crippen molar-refractivity contribution in [2.75, 3.05) is 6.54 Å². The number of hydrogen-bond acceptors (Lipinski definition) is 4. The first-order chi connectivity index (χ1) is 12.2. The molecule has 4 heteroatoms. The zero-order valence-corrected chi connectivity index (χ0v) is 18.8. The number of nitrogens with one attached hydrogen (secondary N) is 1. The van der Waals surface area contributed by atoms with Crippen LogP contribution >= 0.6 is 0 Å². The van der Waals surface area contributed by atoms with E-state index in [0.29, 0.717) is 24.3 Å². The summed E-state index contributed by atoms with van der Waals surface area (Å²) in [5, 5.41) is 35.9. The first kappa shape index (κ1) is 23.1. The third-order valence-corrected chi connectivity index (χ3v) is 8.14. The van der Waals surface area contributed by atoms with Crippen LogP contribution in [0.5, 0.6) is 0 Å². The molecule has 2 aliphatic carbocycles. The van der Waals surface area contributed by atoms with Gasteiger partial charge in [0.1, 0.15) is 0 Å². The molecule has 6 atom stereocenters. The zero-order valence-electron chi connectivity index (χ0n) is 18.8. The molecule has 4 nitrogen and oxygen atoms in total. The summed E-state index contributed by atoms with van der Waals surface area (Å²) in [6.45, 7) is 15.3. The molecular weight excluding hydrogens is 338 g/mol. The van der Waals surface area contributed by atoms with E-state index < -0.39 is 17.3 Å². The van der Waals surface area contributed by atoms with E-state index in [1.54, 1.807) is 6.92 Å². The largest absolute Gasteiger partial charge is 0.390 e. The van der Waals surface area contributed by atoms with Crippen LogP contribution in [0, 0.1) is 22.7 Å². The Morgan fingerprint density at radius 3 is 2.33 bits per heavy atom. The molecule has 27 heavy (non-hydrogen) atoms. The highest BCUT2D eigenvalue weighted by atomic mass is 16.3. The van der Waals surface area contributed by atoms with Crippen molar-refractivity contribution in [2.45, 2.75) is 117 Å². The molecule has 0 radical (unpaired) electrons. The molecule has 0 spiro atoms. The first-order valence-corrected chi connectivity index (χ1v) is 11.1. The minimum atomic E-state index is -1.15. The summed E-state index contributed by atoms with van der Waals surface area (Å²) in [5.41, 5.74) is -1.44. The molecule has 0 bridgehead atoms. The van der Waals surface area contributed by atoms with E-state index in [1.165, 1.54) is 12.8 Å². The molecule has 0 amide bonds. The fourth-order valence-corrected chi connectivity index (χ4v) is 6.44. The molecule has 0 aromatic heterocycles. The molecular formula is C23H45NO3. The van der Waals surface area contributed by atoms with E-state index in [0.717, 1.165) is 25.7 Å². The monoisotopic (exact) mass is 383 g/mol. The number of hydrogen-bond donors (Lipinski definition) is 4. The van der Waals surface area contributed by atoms with Crippen molar-refractivity contribution in [3.63, 3.8) is 0 Å². The molecule has 0 unspecified atom stereocenters. The van der Waals surface area contributed by atoms with Gasteiger partial charge in [-0.15, -0.1) is 0 Å². The lowest BCUT2D eigenvalue weighted by molar-refractivity contribution is -0.175. The average molecular weight is 384 g/mol. The van der Waals surface area contributed by atoms with E-state index in [1.807, 2.05) is 20.8 Å². The Morgan fingerprint density at radius 1 is 1.11 bits per heavy atom. The summed E-state index contributed by atoms with van der Waals surface area (Å²) in [7, 11) is 0. The van der Waals surface area contributed by atoms with Crippen LogP contribution in [0.1, 0.15) is 93.4 Å². The maximum absolute atomic E-state index is 11.3. The minimum Gasteiger partial charge on any atom is -0.390 e. The predicted octanol–water partition coefficient (Wildman–Crippen LogP) is 3.87. The summed E-state index contributed by atoms with van der Waals surface area (Å²) in [4.78, 5) is 0.